The van der Waals surface area contributed by atoms with Crippen LogP contribution in [0.2, 0.25) is 10.0 Å². The number of carbonyl (C=O) groups excluding carboxylic acids is 1. The molecule has 0 saturated carbocycles. The van der Waals surface area contributed by atoms with Crippen molar-refractivity contribution in [1.29, 1.82) is 0 Å². The second-order valence-corrected chi connectivity index (χ2v) is 8.57. The quantitative estimate of drug-likeness (QED) is 0.256. The number of nitrogens with zero attached hydrogens (tertiary/aromatic N) is 1. The number of nitrogens with two attached hydrogens (primary N) is 1. The monoisotopic (exact) mass is 515 g/mol. The number of rotatable bonds is 7. The Kier molecular flexibility index (Phi) is 8.61. The SMILES string of the molecule is Cc1cc(N)c2cc(NC(=O)c3ccccc3CCCOc3ccc(Cl)cc3Cl)ccc2n1.Cl. The Hall–Kier alpha value is -2.99. The summed E-state index contributed by atoms with van der Waals surface area (Å²) in [5, 5.41) is 4.83. The second kappa shape index (κ2) is 11.4. The van der Waals surface area contributed by atoms with E-state index in [0.29, 0.717) is 45.8 Å². The van der Waals surface area contributed by atoms with Crippen molar-refractivity contribution >= 4 is 63.8 Å². The zero-order valence-corrected chi connectivity index (χ0v) is 20.8. The Bertz CT molecular complexity index is 1330. The highest BCUT2D eigenvalue weighted by molar-refractivity contribution is 6.35. The summed E-state index contributed by atoms with van der Waals surface area (Å²) in [4.78, 5) is 17.5. The molecule has 0 aliphatic heterocycles. The van der Waals surface area contributed by atoms with E-state index in [1.165, 1.54) is 0 Å². The van der Waals surface area contributed by atoms with Gasteiger partial charge in [0, 0.05) is 33.0 Å². The minimum atomic E-state index is -0.176. The molecule has 0 radical (unpaired) electrons. The van der Waals surface area contributed by atoms with E-state index in [0.717, 1.165) is 28.6 Å². The second-order valence-electron chi connectivity index (χ2n) is 7.72. The molecule has 0 bridgehead atoms. The van der Waals surface area contributed by atoms with Gasteiger partial charge in [0.1, 0.15) is 5.75 Å². The predicted octanol–water partition coefficient (Wildman–Crippen LogP) is 7.12. The van der Waals surface area contributed by atoms with Crippen LogP contribution in [0, 0.1) is 6.92 Å². The maximum absolute atomic E-state index is 13.0. The number of aromatic nitrogens is 1. The summed E-state index contributed by atoms with van der Waals surface area (Å²) in [5.41, 5.74) is 10.7. The summed E-state index contributed by atoms with van der Waals surface area (Å²) in [5.74, 6) is 0.414. The van der Waals surface area contributed by atoms with Crippen LogP contribution in [-0.2, 0) is 6.42 Å². The van der Waals surface area contributed by atoms with Crippen molar-refractivity contribution in [3.8, 4) is 5.75 Å². The Morgan fingerprint density at radius 1 is 1.06 bits per heavy atom. The number of halogens is 3. The number of pyridine rings is 1. The topological polar surface area (TPSA) is 77.2 Å². The summed E-state index contributed by atoms with van der Waals surface area (Å²) in [6, 6.07) is 20.1. The summed E-state index contributed by atoms with van der Waals surface area (Å²) in [6.45, 7) is 2.37. The first-order valence-corrected chi connectivity index (χ1v) is 11.3. The average molecular weight is 517 g/mol. The maximum atomic E-state index is 13.0. The van der Waals surface area contributed by atoms with Gasteiger partial charge in [-0.1, -0.05) is 41.4 Å². The van der Waals surface area contributed by atoms with E-state index in [-0.39, 0.29) is 18.3 Å². The molecule has 1 aromatic heterocycles. The van der Waals surface area contributed by atoms with Crippen molar-refractivity contribution in [1.82, 2.24) is 4.98 Å². The van der Waals surface area contributed by atoms with E-state index in [4.69, 9.17) is 33.7 Å². The minimum absolute atomic E-state index is 0. The van der Waals surface area contributed by atoms with E-state index in [1.807, 2.05) is 55.5 Å². The Morgan fingerprint density at radius 3 is 2.65 bits per heavy atom. The zero-order valence-electron chi connectivity index (χ0n) is 18.5. The third-order valence-corrected chi connectivity index (χ3v) is 5.76. The minimum Gasteiger partial charge on any atom is -0.492 e. The van der Waals surface area contributed by atoms with Gasteiger partial charge < -0.3 is 15.8 Å². The molecule has 34 heavy (non-hydrogen) atoms. The van der Waals surface area contributed by atoms with Crippen LogP contribution in [0.25, 0.3) is 10.9 Å². The van der Waals surface area contributed by atoms with Crippen molar-refractivity contribution in [2.45, 2.75) is 19.8 Å². The highest BCUT2D eigenvalue weighted by atomic mass is 35.5. The van der Waals surface area contributed by atoms with E-state index in [9.17, 15) is 4.79 Å². The number of hydrogen-bond acceptors (Lipinski definition) is 4. The summed E-state index contributed by atoms with van der Waals surface area (Å²) >= 11 is 12.1. The van der Waals surface area contributed by atoms with Gasteiger partial charge in [0.25, 0.3) is 5.91 Å². The van der Waals surface area contributed by atoms with Gasteiger partial charge in [-0.3, -0.25) is 9.78 Å². The number of nitrogens with one attached hydrogen (secondary N) is 1. The largest absolute Gasteiger partial charge is 0.492 e. The van der Waals surface area contributed by atoms with Crippen molar-refractivity contribution < 1.29 is 9.53 Å². The van der Waals surface area contributed by atoms with Crippen LogP contribution in [0.3, 0.4) is 0 Å². The van der Waals surface area contributed by atoms with Gasteiger partial charge in [0.05, 0.1) is 17.1 Å². The predicted molar refractivity (Wildman–Crippen MR) is 143 cm³/mol. The lowest BCUT2D eigenvalue weighted by atomic mass is 10.0. The molecule has 0 unspecified atom stereocenters. The standard InChI is InChI=1S/C26H23Cl2N3O2.ClH/c1-16-13-23(29)21-15-19(9-10-24(21)30-16)31-26(32)20-7-3-2-5-17(20)6-4-12-33-25-11-8-18(27)14-22(25)28;/h2-3,5,7-11,13-15H,4,6,12H2,1H3,(H2,29,30)(H,31,32);1H. The Labute approximate surface area is 214 Å². The van der Waals surface area contributed by atoms with Gasteiger partial charge in [-0.2, -0.15) is 0 Å². The van der Waals surface area contributed by atoms with E-state index in [2.05, 4.69) is 10.3 Å². The maximum Gasteiger partial charge on any atom is 0.255 e. The third-order valence-electron chi connectivity index (χ3n) is 5.23. The van der Waals surface area contributed by atoms with Crippen LogP contribution >= 0.6 is 35.6 Å². The van der Waals surface area contributed by atoms with Crippen molar-refractivity contribution in [3.05, 3.63) is 93.6 Å². The number of aryl methyl sites for hydroxylation is 2. The number of benzene rings is 3. The molecule has 1 amide bonds. The number of carbonyl (C=O) groups is 1. The number of hydrogen-bond donors (Lipinski definition) is 2. The first-order valence-electron chi connectivity index (χ1n) is 10.5. The highest BCUT2D eigenvalue weighted by Crippen LogP contribution is 2.28. The molecule has 3 N–H and O–H groups in total. The van der Waals surface area contributed by atoms with Crippen molar-refractivity contribution in [2.24, 2.45) is 0 Å². The molecule has 0 spiro atoms. The fraction of sp³-hybridized carbons (Fsp3) is 0.154. The smallest absolute Gasteiger partial charge is 0.255 e. The molecule has 3 aromatic carbocycles. The third kappa shape index (κ3) is 6.11. The molecular formula is C26H24Cl3N3O2. The van der Waals surface area contributed by atoms with E-state index in [1.54, 1.807) is 18.2 Å². The fourth-order valence-electron chi connectivity index (χ4n) is 3.66. The van der Waals surface area contributed by atoms with Crippen molar-refractivity contribution in [2.75, 3.05) is 17.7 Å². The van der Waals surface area contributed by atoms with E-state index >= 15 is 0 Å². The summed E-state index contributed by atoms with van der Waals surface area (Å²) in [7, 11) is 0. The number of anilines is 2. The number of nitrogen functional groups attached to an aromatic ring is 1. The molecule has 1 heterocycles. The van der Waals surface area contributed by atoms with Gasteiger partial charge >= 0.3 is 0 Å². The van der Waals surface area contributed by atoms with Gasteiger partial charge in [-0.05, 0) is 73.9 Å². The molecule has 5 nitrogen and oxygen atoms in total. The lowest BCUT2D eigenvalue weighted by molar-refractivity contribution is 0.102. The highest BCUT2D eigenvalue weighted by Gasteiger charge is 2.12. The van der Waals surface area contributed by atoms with Crippen LogP contribution in [0.15, 0.2) is 66.7 Å². The first-order chi connectivity index (χ1) is 15.9. The molecule has 4 aromatic rings. The first kappa shape index (κ1) is 25.6. The molecule has 0 saturated heterocycles. The van der Waals surface area contributed by atoms with Gasteiger partial charge in [-0.25, -0.2) is 0 Å². The van der Waals surface area contributed by atoms with E-state index < -0.39 is 0 Å². The molecule has 0 aliphatic carbocycles. The molecular weight excluding hydrogens is 493 g/mol. The number of fused-ring (bicyclic) bond motifs is 1. The summed E-state index contributed by atoms with van der Waals surface area (Å²) < 4.78 is 5.76. The summed E-state index contributed by atoms with van der Waals surface area (Å²) in [6.07, 6.45) is 1.41. The van der Waals surface area contributed by atoms with Crippen LogP contribution in [0.1, 0.15) is 28.0 Å². The lowest BCUT2D eigenvalue weighted by Crippen LogP contribution is -2.14. The van der Waals surface area contributed by atoms with Crippen LogP contribution in [-0.4, -0.2) is 17.5 Å². The average Bonchev–Trinajstić information content (AvgIpc) is 2.78. The Morgan fingerprint density at radius 2 is 1.85 bits per heavy atom. The zero-order chi connectivity index (χ0) is 23.4. The lowest BCUT2D eigenvalue weighted by Gasteiger charge is -2.12. The van der Waals surface area contributed by atoms with Crippen LogP contribution < -0.4 is 15.8 Å². The van der Waals surface area contributed by atoms with Crippen LogP contribution in [0.5, 0.6) is 5.75 Å². The van der Waals surface area contributed by atoms with Crippen LogP contribution in [0.4, 0.5) is 11.4 Å². The number of amides is 1. The van der Waals surface area contributed by atoms with Gasteiger partial charge in [-0.15, -0.1) is 12.4 Å². The molecule has 176 valence electrons. The normalized spacial score (nSPS) is 10.6. The Balaban J connectivity index is 0.00000324. The molecule has 0 fully saturated rings. The fourth-order valence-corrected chi connectivity index (χ4v) is 4.13. The molecule has 4 rings (SSSR count). The van der Waals surface area contributed by atoms with Gasteiger partial charge in [0.15, 0.2) is 0 Å². The molecule has 0 atom stereocenters. The molecule has 0 aliphatic rings. The van der Waals surface area contributed by atoms with Crippen molar-refractivity contribution in [3.63, 3.8) is 0 Å². The van der Waals surface area contributed by atoms with Gasteiger partial charge in [0.2, 0.25) is 0 Å². The number of ether oxygens (including phenoxy) is 1. The molecule has 8 heteroatoms.